The molecule has 9 heteroatoms. The number of hydrogen-bond acceptors (Lipinski definition) is 5. The highest BCUT2D eigenvalue weighted by atomic mass is 35.5. The van der Waals surface area contributed by atoms with Crippen molar-refractivity contribution in [2.75, 3.05) is 12.3 Å². The SMILES string of the molecule is Cc1cc(S(=O)(=O)NCCn2cc(N)cn2)sc1Cl. The Hall–Kier alpha value is -1.09. The highest BCUT2D eigenvalue weighted by Gasteiger charge is 2.17. The van der Waals surface area contributed by atoms with Gasteiger partial charge in [0, 0.05) is 12.7 Å². The number of hydrogen-bond donors (Lipinski definition) is 2. The molecule has 0 bridgehead atoms. The number of nitrogens with one attached hydrogen (secondary N) is 1. The van der Waals surface area contributed by atoms with Crippen LogP contribution in [0.1, 0.15) is 5.56 Å². The van der Waals surface area contributed by atoms with E-state index in [0.29, 0.717) is 16.6 Å². The summed E-state index contributed by atoms with van der Waals surface area (Å²) in [6, 6.07) is 1.56. The van der Waals surface area contributed by atoms with Gasteiger partial charge in [0.15, 0.2) is 0 Å². The van der Waals surface area contributed by atoms with Crippen molar-refractivity contribution in [1.82, 2.24) is 14.5 Å². The Morgan fingerprint density at radius 1 is 1.58 bits per heavy atom. The summed E-state index contributed by atoms with van der Waals surface area (Å²) < 4.78 is 28.7. The minimum atomic E-state index is -3.51. The number of nitrogens with zero attached hydrogens (tertiary/aromatic N) is 2. The van der Waals surface area contributed by atoms with E-state index in [4.69, 9.17) is 17.3 Å². The zero-order chi connectivity index (χ0) is 14.0. The van der Waals surface area contributed by atoms with Crippen molar-refractivity contribution in [3.63, 3.8) is 0 Å². The second kappa shape index (κ2) is 5.49. The van der Waals surface area contributed by atoms with Crippen LogP contribution in [0.4, 0.5) is 5.69 Å². The first-order chi connectivity index (χ1) is 8.88. The molecule has 0 aliphatic heterocycles. The number of anilines is 1. The lowest BCUT2D eigenvalue weighted by molar-refractivity contribution is 0.562. The van der Waals surface area contributed by atoms with Crippen LogP contribution in [0.2, 0.25) is 4.34 Å². The lowest BCUT2D eigenvalue weighted by Crippen LogP contribution is -2.27. The number of aryl methyl sites for hydroxylation is 1. The van der Waals surface area contributed by atoms with Crippen molar-refractivity contribution < 1.29 is 8.42 Å². The maximum absolute atomic E-state index is 12.0. The molecule has 2 aromatic heterocycles. The Morgan fingerprint density at radius 3 is 2.84 bits per heavy atom. The Morgan fingerprint density at radius 2 is 2.32 bits per heavy atom. The average Bonchev–Trinajstić information content (AvgIpc) is 2.87. The molecule has 19 heavy (non-hydrogen) atoms. The van der Waals surface area contributed by atoms with E-state index in [1.165, 1.54) is 6.20 Å². The summed E-state index contributed by atoms with van der Waals surface area (Å²) >= 11 is 6.91. The molecule has 0 fully saturated rings. The Kier molecular flexibility index (Phi) is 4.14. The summed E-state index contributed by atoms with van der Waals surface area (Å²) in [5.41, 5.74) is 6.81. The fourth-order valence-electron chi connectivity index (χ4n) is 1.43. The molecule has 0 amide bonds. The van der Waals surface area contributed by atoms with Crippen molar-refractivity contribution >= 4 is 38.6 Å². The smallest absolute Gasteiger partial charge is 0.250 e. The van der Waals surface area contributed by atoms with Gasteiger partial charge in [-0.2, -0.15) is 5.10 Å². The first kappa shape index (κ1) is 14.3. The van der Waals surface area contributed by atoms with Gasteiger partial charge in [-0.1, -0.05) is 11.6 Å². The molecule has 0 saturated heterocycles. The zero-order valence-corrected chi connectivity index (χ0v) is 12.5. The summed E-state index contributed by atoms with van der Waals surface area (Å²) in [4.78, 5) is 0. The van der Waals surface area contributed by atoms with Gasteiger partial charge in [0.1, 0.15) is 4.21 Å². The molecule has 0 saturated carbocycles. The van der Waals surface area contributed by atoms with Gasteiger partial charge in [0.05, 0.1) is 22.8 Å². The van der Waals surface area contributed by atoms with Gasteiger partial charge in [0.2, 0.25) is 10.0 Å². The molecule has 0 unspecified atom stereocenters. The number of nitrogen functional groups attached to an aromatic ring is 1. The number of nitrogens with two attached hydrogens (primary N) is 1. The largest absolute Gasteiger partial charge is 0.396 e. The molecule has 0 radical (unpaired) electrons. The van der Waals surface area contributed by atoms with Gasteiger partial charge < -0.3 is 5.73 Å². The zero-order valence-electron chi connectivity index (χ0n) is 10.1. The lowest BCUT2D eigenvalue weighted by Gasteiger charge is -2.04. The van der Waals surface area contributed by atoms with Crippen molar-refractivity contribution in [2.24, 2.45) is 0 Å². The number of rotatable bonds is 5. The van der Waals surface area contributed by atoms with Gasteiger partial charge in [-0.25, -0.2) is 13.1 Å². The molecule has 0 atom stereocenters. The average molecular weight is 321 g/mol. The molecular formula is C10H13ClN4O2S2. The fraction of sp³-hybridized carbons (Fsp3) is 0.300. The predicted octanol–water partition coefficient (Wildman–Crippen LogP) is 1.47. The van der Waals surface area contributed by atoms with Crippen LogP contribution in [0.3, 0.4) is 0 Å². The normalized spacial score (nSPS) is 11.9. The van der Waals surface area contributed by atoms with Gasteiger partial charge in [-0.3, -0.25) is 4.68 Å². The Labute approximate surface area is 120 Å². The third-order valence-corrected chi connectivity index (χ3v) is 5.88. The van der Waals surface area contributed by atoms with E-state index in [2.05, 4.69) is 9.82 Å². The highest BCUT2D eigenvalue weighted by molar-refractivity contribution is 7.91. The van der Waals surface area contributed by atoms with Crippen molar-refractivity contribution in [1.29, 1.82) is 0 Å². The van der Waals surface area contributed by atoms with Crippen LogP contribution in [0.15, 0.2) is 22.7 Å². The highest BCUT2D eigenvalue weighted by Crippen LogP contribution is 2.29. The molecule has 2 aromatic rings. The second-order valence-electron chi connectivity index (χ2n) is 3.96. The van der Waals surface area contributed by atoms with Crippen LogP contribution >= 0.6 is 22.9 Å². The number of sulfonamides is 1. The van der Waals surface area contributed by atoms with Gasteiger partial charge in [0.25, 0.3) is 0 Å². The first-order valence-electron chi connectivity index (χ1n) is 5.42. The molecule has 0 aliphatic carbocycles. The second-order valence-corrected chi connectivity index (χ2v) is 7.60. The maximum atomic E-state index is 12.0. The van der Waals surface area contributed by atoms with Crippen molar-refractivity contribution in [3.05, 3.63) is 28.4 Å². The van der Waals surface area contributed by atoms with Crippen molar-refractivity contribution in [3.8, 4) is 0 Å². The number of halogens is 1. The molecule has 2 heterocycles. The third kappa shape index (κ3) is 3.47. The van der Waals surface area contributed by atoms with E-state index >= 15 is 0 Å². The molecule has 6 nitrogen and oxygen atoms in total. The van der Waals surface area contributed by atoms with E-state index < -0.39 is 10.0 Å². The maximum Gasteiger partial charge on any atom is 0.250 e. The summed E-state index contributed by atoms with van der Waals surface area (Å²) in [6.07, 6.45) is 3.15. The molecule has 104 valence electrons. The van der Waals surface area contributed by atoms with Gasteiger partial charge in [-0.05, 0) is 18.6 Å². The van der Waals surface area contributed by atoms with E-state index in [1.54, 1.807) is 23.9 Å². The van der Waals surface area contributed by atoms with E-state index in [1.807, 2.05) is 0 Å². The Balaban J connectivity index is 1.98. The molecule has 0 aromatic carbocycles. The van der Waals surface area contributed by atoms with Crippen LogP contribution in [-0.2, 0) is 16.6 Å². The third-order valence-electron chi connectivity index (χ3n) is 2.39. The lowest BCUT2D eigenvalue weighted by atomic mass is 10.4. The van der Waals surface area contributed by atoms with Crippen LogP contribution in [-0.4, -0.2) is 24.7 Å². The molecular weight excluding hydrogens is 308 g/mol. The first-order valence-corrected chi connectivity index (χ1v) is 8.10. The van der Waals surface area contributed by atoms with Crippen LogP contribution < -0.4 is 10.5 Å². The molecule has 0 spiro atoms. The minimum Gasteiger partial charge on any atom is -0.396 e. The van der Waals surface area contributed by atoms with Crippen LogP contribution in [0, 0.1) is 6.92 Å². The van der Waals surface area contributed by atoms with Crippen molar-refractivity contribution in [2.45, 2.75) is 17.7 Å². The van der Waals surface area contributed by atoms with E-state index in [0.717, 1.165) is 16.9 Å². The quantitative estimate of drug-likeness (QED) is 0.873. The standard InChI is InChI=1S/C10H13ClN4O2S2/c1-7-4-9(18-10(7)11)19(16,17)14-2-3-15-6-8(12)5-13-15/h4-6,14H,2-3,12H2,1H3. The summed E-state index contributed by atoms with van der Waals surface area (Å²) in [6.45, 7) is 2.41. The van der Waals surface area contributed by atoms with E-state index in [-0.39, 0.29) is 10.8 Å². The van der Waals surface area contributed by atoms with Crippen LogP contribution in [0.5, 0.6) is 0 Å². The minimum absolute atomic E-state index is 0.218. The topological polar surface area (TPSA) is 90.0 Å². The van der Waals surface area contributed by atoms with Crippen LogP contribution in [0.25, 0.3) is 0 Å². The van der Waals surface area contributed by atoms with Gasteiger partial charge in [-0.15, -0.1) is 11.3 Å². The van der Waals surface area contributed by atoms with Gasteiger partial charge >= 0.3 is 0 Å². The number of aromatic nitrogens is 2. The molecule has 2 rings (SSSR count). The Bertz CT molecular complexity index is 658. The predicted molar refractivity (Wildman–Crippen MR) is 75.9 cm³/mol. The monoisotopic (exact) mass is 320 g/mol. The molecule has 0 aliphatic rings. The summed E-state index contributed by atoms with van der Waals surface area (Å²) in [5, 5.41) is 3.96. The number of thiophene rings is 1. The summed E-state index contributed by atoms with van der Waals surface area (Å²) in [7, 11) is -3.51. The van der Waals surface area contributed by atoms with E-state index in [9.17, 15) is 8.42 Å². The summed E-state index contributed by atoms with van der Waals surface area (Å²) in [5.74, 6) is 0. The fourth-order valence-corrected chi connectivity index (χ4v) is 4.20. The molecule has 3 N–H and O–H groups in total.